The van der Waals surface area contributed by atoms with E-state index in [1.165, 1.54) is 0 Å². The van der Waals surface area contributed by atoms with Crippen LogP contribution in [-0.4, -0.2) is 53.4 Å². The zero-order valence-corrected chi connectivity index (χ0v) is 12.3. The van der Waals surface area contributed by atoms with Gasteiger partial charge in [-0.3, -0.25) is 4.79 Å². The Bertz CT molecular complexity index is 485. The lowest BCUT2D eigenvalue weighted by molar-refractivity contribution is -0.137. The molecular weight excluding hydrogens is 270 g/mol. The van der Waals surface area contributed by atoms with Gasteiger partial charge >= 0.3 is 0 Å². The Labute approximate surface area is 124 Å². The predicted molar refractivity (Wildman–Crippen MR) is 75.9 cm³/mol. The van der Waals surface area contributed by atoms with Crippen LogP contribution in [0.25, 0.3) is 0 Å². The monoisotopic (exact) mass is 291 g/mol. The van der Waals surface area contributed by atoms with E-state index in [9.17, 15) is 4.79 Å². The predicted octanol–water partition coefficient (Wildman–Crippen LogP) is 1.19. The summed E-state index contributed by atoms with van der Waals surface area (Å²) in [6.07, 6.45) is 2.55. The second-order valence-corrected chi connectivity index (χ2v) is 5.71. The van der Waals surface area contributed by atoms with Crippen LogP contribution in [0.15, 0.2) is 12.1 Å². The van der Waals surface area contributed by atoms with Crippen LogP contribution < -0.4 is 4.74 Å². The number of carbonyl (C=O) groups is 1. The highest BCUT2D eigenvalue weighted by molar-refractivity contribution is 5.79. The normalized spacial score (nSPS) is 23.3. The molecule has 6 heteroatoms. The fraction of sp³-hybridized carbons (Fsp3) is 0.667. The van der Waals surface area contributed by atoms with Crippen molar-refractivity contribution in [1.82, 2.24) is 15.1 Å². The molecule has 3 heterocycles. The molecule has 3 rings (SSSR count). The number of aromatic nitrogens is 2. The Balaban J connectivity index is 1.52. The van der Waals surface area contributed by atoms with Crippen molar-refractivity contribution in [1.29, 1.82) is 0 Å². The van der Waals surface area contributed by atoms with E-state index in [1.807, 2.05) is 24.0 Å². The van der Waals surface area contributed by atoms with Crippen molar-refractivity contribution in [3.63, 3.8) is 0 Å². The van der Waals surface area contributed by atoms with Gasteiger partial charge in [-0.25, -0.2) is 0 Å². The molecule has 2 aliphatic rings. The van der Waals surface area contributed by atoms with Gasteiger partial charge in [0.2, 0.25) is 11.8 Å². The largest absolute Gasteiger partial charge is 0.471 e. The molecule has 0 radical (unpaired) electrons. The molecule has 2 saturated heterocycles. The van der Waals surface area contributed by atoms with Crippen molar-refractivity contribution in [2.75, 3.05) is 26.3 Å². The van der Waals surface area contributed by atoms with Gasteiger partial charge in [-0.15, -0.1) is 5.10 Å². The zero-order valence-electron chi connectivity index (χ0n) is 12.3. The molecule has 2 aliphatic heterocycles. The van der Waals surface area contributed by atoms with Crippen LogP contribution in [0.4, 0.5) is 0 Å². The van der Waals surface area contributed by atoms with Crippen molar-refractivity contribution < 1.29 is 14.3 Å². The van der Waals surface area contributed by atoms with Crippen molar-refractivity contribution >= 4 is 5.91 Å². The number of hydrogen-bond donors (Lipinski definition) is 0. The fourth-order valence-corrected chi connectivity index (χ4v) is 2.85. The summed E-state index contributed by atoms with van der Waals surface area (Å²) in [5, 5.41) is 7.99. The first kappa shape index (κ1) is 14.3. The molecule has 6 nitrogen and oxygen atoms in total. The number of carbonyl (C=O) groups excluding carboxylic acids is 1. The smallest absolute Gasteiger partial charge is 0.233 e. The molecule has 0 aromatic carbocycles. The van der Waals surface area contributed by atoms with E-state index >= 15 is 0 Å². The summed E-state index contributed by atoms with van der Waals surface area (Å²) in [4.78, 5) is 14.3. The molecule has 2 fully saturated rings. The molecule has 1 atom stereocenters. The third kappa shape index (κ3) is 3.50. The highest BCUT2D eigenvalue weighted by Crippen LogP contribution is 2.22. The number of ether oxygens (including phenoxy) is 2. The maximum absolute atomic E-state index is 12.4. The van der Waals surface area contributed by atoms with Crippen molar-refractivity contribution in [2.45, 2.75) is 32.3 Å². The second kappa shape index (κ2) is 6.39. The number of amides is 1. The summed E-state index contributed by atoms with van der Waals surface area (Å²) < 4.78 is 11.1. The molecule has 1 aromatic rings. The summed E-state index contributed by atoms with van der Waals surface area (Å²) in [6.45, 7) is 4.69. The minimum absolute atomic E-state index is 0.0193. The van der Waals surface area contributed by atoms with Crippen molar-refractivity contribution in [3.8, 4) is 5.88 Å². The highest BCUT2D eigenvalue weighted by Gasteiger charge is 2.32. The number of rotatable bonds is 3. The van der Waals surface area contributed by atoms with Gasteiger partial charge in [0.25, 0.3) is 0 Å². The van der Waals surface area contributed by atoms with Gasteiger partial charge in [-0.2, -0.15) is 5.10 Å². The number of aryl methyl sites for hydroxylation is 1. The van der Waals surface area contributed by atoms with Crippen molar-refractivity contribution in [2.24, 2.45) is 5.92 Å². The molecule has 114 valence electrons. The topological polar surface area (TPSA) is 64.5 Å². The van der Waals surface area contributed by atoms with E-state index in [2.05, 4.69) is 10.2 Å². The van der Waals surface area contributed by atoms with E-state index in [-0.39, 0.29) is 17.9 Å². The van der Waals surface area contributed by atoms with Crippen LogP contribution in [0.3, 0.4) is 0 Å². The van der Waals surface area contributed by atoms with Gasteiger partial charge in [-0.1, -0.05) is 0 Å². The minimum atomic E-state index is 0.0193. The van der Waals surface area contributed by atoms with Gasteiger partial charge in [0.1, 0.15) is 6.10 Å². The molecular formula is C15H21N3O3. The highest BCUT2D eigenvalue weighted by atomic mass is 16.5. The lowest BCUT2D eigenvalue weighted by atomic mass is 9.99. The Kier molecular flexibility index (Phi) is 4.34. The van der Waals surface area contributed by atoms with Gasteiger partial charge in [0.15, 0.2) is 0 Å². The van der Waals surface area contributed by atoms with Gasteiger partial charge in [0.05, 0.1) is 12.2 Å². The lowest BCUT2D eigenvalue weighted by Crippen LogP contribution is -2.38. The van der Waals surface area contributed by atoms with Crippen LogP contribution in [0.5, 0.6) is 5.88 Å². The summed E-state index contributed by atoms with van der Waals surface area (Å²) in [5.41, 5.74) is 0.866. The van der Waals surface area contributed by atoms with Gasteiger partial charge in [-0.05, 0) is 25.8 Å². The van der Waals surface area contributed by atoms with Crippen molar-refractivity contribution in [3.05, 3.63) is 17.8 Å². The van der Waals surface area contributed by atoms with E-state index in [0.29, 0.717) is 25.6 Å². The first-order valence-corrected chi connectivity index (χ1v) is 7.56. The first-order chi connectivity index (χ1) is 10.2. The molecule has 0 saturated carbocycles. The third-order valence-electron chi connectivity index (χ3n) is 4.09. The molecule has 21 heavy (non-hydrogen) atoms. The van der Waals surface area contributed by atoms with Crippen LogP contribution in [0.2, 0.25) is 0 Å². The van der Waals surface area contributed by atoms with Gasteiger partial charge < -0.3 is 14.4 Å². The van der Waals surface area contributed by atoms with Crippen LogP contribution in [0, 0.1) is 12.8 Å². The van der Waals surface area contributed by atoms with Gasteiger partial charge in [0, 0.05) is 38.2 Å². The molecule has 0 N–H and O–H groups in total. The first-order valence-electron chi connectivity index (χ1n) is 7.56. The minimum Gasteiger partial charge on any atom is -0.471 e. The summed E-state index contributed by atoms with van der Waals surface area (Å²) in [5.74, 6) is 0.905. The Morgan fingerprint density at radius 3 is 2.81 bits per heavy atom. The van der Waals surface area contributed by atoms with E-state index < -0.39 is 0 Å². The SMILES string of the molecule is Cc1ccc(O[C@H]2CCN(C(=O)C3CCOCC3)C2)nn1. The Hall–Kier alpha value is -1.69. The van der Waals surface area contributed by atoms with E-state index in [1.54, 1.807) is 0 Å². The molecule has 1 amide bonds. The number of nitrogens with zero attached hydrogens (tertiary/aromatic N) is 3. The Morgan fingerprint density at radius 1 is 1.29 bits per heavy atom. The summed E-state index contributed by atoms with van der Waals surface area (Å²) in [7, 11) is 0. The number of likely N-dealkylation sites (tertiary alicyclic amines) is 1. The maximum Gasteiger partial charge on any atom is 0.233 e. The van der Waals surface area contributed by atoms with E-state index in [4.69, 9.17) is 9.47 Å². The lowest BCUT2D eigenvalue weighted by Gasteiger charge is -2.26. The average molecular weight is 291 g/mol. The molecule has 0 unspecified atom stereocenters. The molecule has 1 aromatic heterocycles. The molecule has 0 aliphatic carbocycles. The molecule has 0 spiro atoms. The fourth-order valence-electron chi connectivity index (χ4n) is 2.85. The quantitative estimate of drug-likeness (QED) is 0.837. The van der Waals surface area contributed by atoms with Crippen LogP contribution in [0.1, 0.15) is 25.0 Å². The van der Waals surface area contributed by atoms with E-state index in [0.717, 1.165) is 31.5 Å². The third-order valence-corrected chi connectivity index (χ3v) is 4.09. The van der Waals surface area contributed by atoms with Crippen LogP contribution >= 0.6 is 0 Å². The molecule has 0 bridgehead atoms. The maximum atomic E-state index is 12.4. The standard InChI is InChI=1S/C15H21N3O3/c1-11-2-3-14(17-16-11)21-13-4-7-18(10-13)15(19)12-5-8-20-9-6-12/h2-3,12-13H,4-10H2,1H3/t13-/m0/s1. The number of hydrogen-bond acceptors (Lipinski definition) is 5. The zero-order chi connectivity index (χ0) is 14.7. The Morgan fingerprint density at radius 2 is 2.10 bits per heavy atom. The van der Waals surface area contributed by atoms with Crippen LogP contribution in [-0.2, 0) is 9.53 Å². The summed E-state index contributed by atoms with van der Waals surface area (Å²) in [6, 6.07) is 3.70. The summed E-state index contributed by atoms with van der Waals surface area (Å²) >= 11 is 0. The second-order valence-electron chi connectivity index (χ2n) is 5.71. The average Bonchev–Trinajstić information content (AvgIpc) is 2.98.